The van der Waals surface area contributed by atoms with Crippen LogP contribution in [0, 0.1) is 5.92 Å². The molecule has 0 heterocycles. The van der Waals surface area contributed by atoms with Crippen molar-refractivity contribution >= 4 is 11.9 Å². The summed E-state index contributed by atoms with van der Waals surface area (Å²) in [7, 11) is 0. The number of rotatable bonds is 3. The Morgan fingerprint density at radius 1 is 1.11 bits per heavy atom. The normalized spacial score (nSPS) is 22.4. The molecule has 0 aromatic heterocycles. The Morgan fingerprint density at radius 3 is 2.44 bits per heavy atom. The van der Waals surface area contributed by atoms with Gasteiger partial charge in [0.05, 0.1) is 11.5 Å². The zero-order chi connectivity index (χ0) is 13.0. The average molecular weight is 246 g/mol. The van der Waals surface area contributed by atoms with E-state index < -0.39 is 24.0 Å². The summed E-state index contributed by atoms with van der Waals surface area (Å²) in [6, 6.07) is 8.59. The fourth-order valence-electron chi connectivity index (χ4n) is 1.96. The van der Waals surface area contributed by atoms with E-state index in [1.807, 2.05) is 12.2 Å². The second kappa shape index (κ2) is 5.49. The number of hydrogen-bond acceptors (Lipinski definition) is 3. The summed E-state index contributed by atoms with van der Waals surface area (Å²) in [5.74, 6) is -2.05. The zero-order valence-electron chi connectivity index (χ0n) is 9.78. The molecule has 18 heavy (non-hydrogen) atoms. The molecule has 0 bridgehead atoms. The van der Waals surface area contributed by atoms with E-state index in [1.54, 1.807) is 30.3 Å². The van der Waals surface area contributed by atoms with E-state index in [1.165, 1.54) is 0 Å². The molecule has 1 aromatic rings. The lowest BCUT2D eigenvalue weighted by molar-refractivity contribution is -0.145. The van der Waals surface area contributed by atoms with Gasteiger partial charge in [-0.2, -0.15) is 0 Å². The van der Waals surface area contributed by atoms with Crippen LogP contribution in [0.15, 0.2) is 42.5 Å². The van der Waals surface area contributed by atoms with Crippen LogP contribution in [0.1, 0.15) is 23.2 Å². The fourth-order valence-corrected chi connectivity index (χ4v) is 1.96. The molecule has 2 unspecified atom stereocenters. The summed E-state index contributed by atoms with van der Waals surface area (Å²) in [5.41, 5.74) is 0.441. The van der Waals surface area contributed by atoms with Crippen LogP contribution in [0.5, 0.6) is 0 Å². The van der Waals surface area contributed by atoms with Crippen LogP contribution in [0.25, 0.3) is 0 Å². The highest BCUT2D eigenvalue weighted by Gasteiger charge is 2.31. The van der Waals surface area contributed by atoms with Gasteiger partial charge in [-0.1, -0.05) is 30.4 Å². The Balaban J connectivity index is 2.06. The van der Waals surface area contributed by atoms with Crippen molar-refractivity contribution < 1.29 is 19.4 Å². The lowest BCUT2D eigenvalue weighted by atomic mass is 9.91. The lowest BCUT2D eigenvalue weighted by Gasteiger charge is -2.25. The molecule has 0 aliphatic heterocycles. The predicted molar refractivity (Wildman–Crippen MR) is 65.1 cm³/mol. The monoisotopic (exact) mass is 246 g/mol. The largest absolute Gasteiger partial charge is 0.481 e. The minimum Gasteiger partial charge on any atom is -0.481 e. The Morgan fingerprint density at radius 2 is 1.78 bits per heavy atom. The number of carboxylic acid groups (broad SMARTS) is 1. The van der Waals surface area contributed by atoms with Crippen LogP contribution < -0.4 is 0 Å². The van der Waals surface area contributed by atoms with E-state index in [-0.39, 0.29) is 0 Å². The maximum atomic E-state index is 11.8. The zero-order valence-corrected chi connectivity index (χ0v) is 9.78. The molecule has 1 aliphatic rings. The van der Waals surface area contributed by atoms with Gasteiger partial charge in [0.15, 0.2) is 0 Å². The van der Waals surface area contributed by atoms with Gasteiger partial charge in [0, 0.05) is 6.42 Å². The highest BCUT2D eigenvalue weighted by atomic mass is 16.5. The summed E-state index contributed by atoms with van der Waals surface area (Å²) in [6.45, 7) is 0. The second-order valence-corrected chi connectivity index (χ2v) is 4.20. The Labute approximate surface area is 105 Å². The molecule has 1 N–H and O–H groups in total. The summed E-state index contributed by atoms with van der Waals surface area (Å²) in [5, 5.41) is 9.07. The van der Waals surface area contributed by atoms with Crippen LogP contribution in [0.2, 0.25) is 0 Å². The van der Waals surface area contributed by atoms with E-state index in [9.17, 15) is 9.59 Å². The molecule has 2 atom stereocenters. The van der Waals surface area contributed by atoms with Crippen molar-refractivity contribution in [3.63, 3.8) is 0 Å². The number of hydrogen-bond donors (Lipinski definition) is 1. The summed E-state index contributed by atoms with van der Waals surface area (Å²) < 4.78 is 5.28. The van der Waals surface area contributed by atoms with E-state index in [4.69, 9.17) is 9.84 Å². The molecule has 0 spiro atoms. The van der Waals surface area contributed by atoms with Gasteiger partial charge in [-0.15, -0.1) is 0 Å². The smallest absolute Gasteiger partial charge is 0.338 e. The van der Waals surface area contributed by atoms with Gasteiger partial charge in [-0.05, 0) is 18.6 Å². The number of carbonyl (C=O) groups excluding carboxylic acids is 1. The van der Waals surface area contributed by atoms with Gasteiger partial charge in [-0.3, -0.25) is 4.79 Å². The van der Waals surface area contributed by atoms with E-state index in [0.29, 0.717) is 18.4 Å². The fraction of sp³-hybridized carbons (Fsp3) is 0.286. The van der Waals surface area contributed by atoms with Crippen molar-refractivity contribution in [2.75, 3.05) is 0 Å². The minimum absolute atomic E-state index is 0.405. The van der Waals surface area contributed by atoms with Crippen LogP contribution >= 0.6 is 0 Å². The minimum atomic E-state index is -0.926. The van der Waals surface area contributed by atoms with E-state index >= 15 is 0 Å². The quantitative estimate of drug-likeness (QED) is 0.656. The van der Waals surface area contributed by atoms with Crippen molar-refractivity contribution in [3.05, 3.63) is 48.0 Å². The average Bonchev–Trinajstić information content (AvgIpc) is 2.40. The van der Waals surface area contributed by atoms with Crippen LogP contribution in [0.4, 0.5) is 0 Å². The lowest BCUT2D eigenvalue weighted by Crippen LogP contribution is -2.33. The molecular weight excluding hydrogens is 232 g/mol. The Kier molecular flexibility index (Phi) is 3.77. The maximum absolute atomic E-state index is 11.8. The third-order valence-electron chi connectivity index (χ3n) is 2.96. The molecule has 4 heteroatoms. The van der Waals surface area contributed by atoms with Crippen LogP contribution in [-0.4, -0.2) is 23.1 Å². The third kappa shape index (κ3) is 2.77. The number of ether oxygens (including phenoxy) is 1. The van der Waals surface area contributed by atoms with Crippen molar-refractivity contribution in [3.8, 4) is 0 Å². The van der Waals surface area contributed by atoms with Gasteiger partial charge >= 0.3 is 11.9 Å². The molecule has 0 saturated carbocycles. The molecule has 94 valence electrons. The third-order valence-corrected chi connectivity index (χ3v) is 2.96. The van der Waals surface area contributed by atoms with Crippen LogP contribution in [-0.2, 0) is 9.53 Å². The van der Waals surface area contributed by atoms with Gasteiger partial charge in [0.2, 0.25) is 0 Å². The number of allylic oxidation sites excluding steroid dienone is 1. The summed E-state index contributed by atoms with van der Waals surface area (Å²) >= 11 is 0. The molecule has 1 aliphatic carbocycles. The standard InChI is InChI=1S/C14H14O4/c15-13(16)11-8-4-5-9-12(11)18-14(17)10-6-2-1-3-7-10/h1-7,11-12H,8-9H2,(H,15,16). The first-order valence-electron chi connectivity index (χ1n) is 5.82. The second-order valence-electron chi connectivity index (χ2n) is 4.20. The van der Waals surface area contributed by atoms with Gasteiger partial charge < -0.3 is 9.84 Å². The van der Waals surface area contributed by atoms with Crippen LogP contribution in [0.3, 0.4) is 0 Å². The highest BCUT2D eigenvalue weighted by molar-refractivity contribution is 5.89. The summed E-state index contributed by atoms with van der Waals surface area (Å²) in [4.78, 5) is 22.9. The first-order chi connectivity index (χ1) is 8.68. The first-order valence-corrected chi connectivity index (χ1v) is 5.82. The van der Waals surface area contributed by atoms with Crippen molar-refractivity contribution in [1.82, 2.24) is 0 Å². The molecule has 2 rings (SSSR count). The Hall–Kier alpha value is -2.10. The molecule has 0 amide bonds. The number of carbonyl (C=O) groups is 2. The SMILES string of the molecule is O=C(OC1CC=CCC1C(=O)O)c1ccccc1. The molecule has 0 fully saturated rings. The number of esters is 1. The number of carboxylic acids is 1. The maximum Gasteiger partial charge on any atom is 0.338 e. The predicted octanol–water partition coefficient (Wildman–Crippen LogP) is 2.26. The Bertz CT molecular complexity index is 464. The number of benzene rings is 1. The molecular formula is C14H14O4. The summed E-state index contributed by atoms with van der Waals surface area (Å²) in [6.07, 6.45) is 3.94. The molecule has 0 saturated heterocycles. The number of aliphatic carboxylic acids is 1. The van der Waals surface area contributed by atoms with Gasteiger partial charge in [-0.25, -0.2) is 4.79 Å². The molecule has 4 nitrogen and oxygen atoms in total. The van der Waals surface area contributed by atoms with Crippen molar-refractivity contribution in [2.24, 2.45) is 5.92 Å². The topological polar surface area (TPSA) is 63.6 Å². The van der Waals surface area contributed by atoms with Crippen molar-refractivity contribution in [1.29, 1.82) is 0 Å². The van der Waals surface area contributed by atoms with Crippen molar-refractivity contribution in [2.45, 2.75) is 18.9 Å². The van der Waals surface area contributed by atoms with E-state index in [0.717, 1.165) is 0 Å². The highest BCUT2D eigenvalue weighted by Crippen LogP contribution is 2.23. The van der Waals surface area contributed by atoms with E-state index in [2.05, 4.69) is 0 Å². The molecule has 0 radical (unpaired) electrons. The molecule has 1 aromatic carbocycles. The first kappa shape index (κ1) is 12.4. The van der Waals surface area contributed by atoms with Gasteiger partial charge in [0.1, 0.15) is 6.10 Å². The van der Waals surface area contributed by atoms with Gasteiger partial charge in [0.25, 0.3) is 0 Å².